The second kappa shape index (κ2) is 3.97. The summed E-state index contributed by atoms with van der Waals surface area (Å²) in [5.74, 6) is 0.987. The molecule has 2 rings (SSSR count). The first kappa shape index (κ1) is 9.47. The van der Waals surface area contributed by atoms with Gasteiger partial charge in [-0.25, -0.2) is 0 Å². The molecule has 2 aliphatic rings. The van der Waals surface area contributed by atoms with Gasteiger partial charge in [-0.1, -0.05) is 12.8 Å². The molecule has 2 N–H and O–H groups in total. The first-order chi connectivity index (χ1) is 6.25. The van der Waals surface area contributed by atoms with Gasteiger partial charge in [-0.2, -0.15) is 0 Å². The number of hydrogen-bond acceptors (Lipinski definition) is 2. The fourth-order valence-corrected chi connectivity index (χ4v) is 2.42. The van der Waals surface area contributed by atoms with Crippen LogP contribution in [0.15, 0.2) is 0 Å². The number of aliphatic hydroxyl groups excluding tert-OH is 1. The van der Waals surface area contributed by atoms with Crippen LogP contribution in [-0.4, -0.2) is 23.3 Å². The maximum absolute atomic E-state index is 9.63. The Balaban J connectivity index is 1.69. The summed E-state index contributed by atoms with van der Waals surface area (Å²) in [4.78, 5) is 0. The van der Waals surface area contributed by atoms with Gasteiger partial charge in [0.05, 0.1) is 6.10 Å². The third-order valence-corrected chi connectivity index (χ3v) is 3.36. The highest BCUT2D eigenvalue weighted by atomic mass is 16.3. The Kier molecular flexibility index (Phi) is 2.89. The summed E-state index contributed by atoms with van der Waals surface area (Å²) < 4.78 is 0. The second-order valence-corrected chi connectivity index (χ2v) is 4.85. The molecular formula is C11H21NO. The SMILES string of the molecule is CC(CC1CC1)N[C@H]1CCC[C@@H]1O. The minimum atomic E-state index is -0.0818. The van der Waals surface area contributed by atoms with Gasteiger partial charge in [0, 0.05) is 12.1 Å². The van der Waals surface area contributed by atoms with E-state index in [1.165, 1.54) is 25.7 Å². The average Bonchev–Trinajstić information content (AvgIpc) is 2.79. The van der Waals surface area contributed by atoms with Crippen molar-refractivity contribution in [2.75, 3.05) is 0 Å². The minimum absolute atomic E-state index is 0.0818. The van der Waals surface area contributed by atoms with Crippen LogP contribution in [0.25, 0.3) is 0 Å². The van der Waals surface area contributed by atoms with Crippen LogP contribution in [0, 0.1) is 5.92 Å². The van der Waals surface area contributed by atoms with Crippen molar-refractivity contribution in [1.82, 2.24) is 5.32 Å². The minimum Gasteiger partial charge on any atom is -0.392 e. The van der Waals surface area contributed by atoms with E-state index >= 15 is 0 Å². The molecule has 0 radical (unpaired) electrons. The van der Waals surface area contributed by atoms with Crippen LogP contribution in [0.4, 0.5) is 0 Å². The van der Waals surface area contributed by atoms with E-state index in [2.05, 4.69) is 12.2 Å². The summed E-state index contributed by atoms with van der Waals surface area (Å²) in [6.07, 6.45) is 7.43. The normalized spacial score (nSPS) is 36.5. The molecule has 2 heteroatoms. The first-order valence-corrected chi connectivity index (χ1v) is 5.70. The summed E-state index contributed by atoms with van der Waals surface area (Å²) in [5, 5.41) is 13.2. The first-order valence-electron chi connectivity index (χ1n) is 5.70. The molecule has 0 bridgehead atoms. The lowest BCUT2D eigenvalue weighted by molar-refractivity contribution is 0.142. The van der Waals surface area contributed by atoms with Crippen LogP contribution in [-0.2, 0) is 0 Å². The predicted molar refractivity (Wildman–Crippen MR) is 53.6 cm³/mol. The summed E-state index contributed by atoms with van der Waals surface area (Å²) in [6.45, 7) is 2.25. The largest absolute Gasteiger partial charge is 0.392 e. The third-order valence-electron chi connectivity index (χ3n) is 3.36. The summed E-state index contributed by atoms with van der Waals surface area (Å²) in [7, 11) is 0. The van der Waals surface area contributed by atoms with E-state index < -0.39 is 0 Å². The van der Waals surface area contributed by atoms with Crippen LogP contribution in [0.2, 0.25) is 0 Å². The van der Waals surface area contributed by atoms with E-state index in [1.54, 1.807) is 0 Å². The van der Waals surface area contributed by atoms with Crippen molar-refractivity contribution in [3.05, 3.63) is 0 Å². The van der Waals surface area contributed by atoms with Gasteiger partial charge in [0.25, 0.3) is 0 Å². The van der Waals surface area contributed by atoms with Crippen molar-refractivity contribution < 1.29 is 5.11 Å². The Morgan fingerprint density at radius 3 is 2.62 bits per heavy atom. The molecular weight excluding hydrogens is 162 g/mol. The number of aliphatic hydroxyl groups is 1. The van der Waals surface area contributed by atoms with Crippen molar-refractivity contribution in [2.24, 2.45) is 5.92 Å². The zero-order valence-electron chi connectivity index (χ0n) is 8.50. The topological polar surface area (TPSA) is 32.3 Å². The molecule has 2 fully saturated rings. The van der Waals surface area contributed by atoms with E-state index in [0.29, 0.717) is 12.1 Å². The molecule has 1 unspecified atom stereocenters. The van der Waals surface area contributed by atoms with E-state index in [9.17, 15) is 5.11 Å². The molecule has 2 nitrogen and oxygen atoms in total. The molecule has 0 aromatic carbocycles. The van der Waals surface area contributed by atoms with Gasteiger partial charge in [-0.15, -0.1) is 0 Å². The van der Waals surface area contributed by atoms with Gasteiger partial charge in [0.15, 0.2) is 0 Å². The number of hydrogen-bond donors (Lipinski definition) is 2. The standard InChI is InChI=1S/C11H21NO/c1-8(7-9-5-6-9)12-10-3-2-4-11(10)13/h8-13H,2-7H2,1H3/t8?,10-,11-/m0/s1. The van der Waals surface area contributed by atoms with Crippen molar-refractivity contribution >= 4 is 0 Å². The van der Waals surface area contributed by atoms with Gasteiger partial charge in [0.2, 0.25) is 0 Å². The highest BCUT2D eigenvalue weighted by Gasteiger charge is 2.28. The van der Waals surface area contributed by atoms with Gasteiger partial charge >= 0.3 is 0 Å². The Morgan fingerprint density at radius 1 is 1.31 bits per heavy atom. The average molecular weight is 183 g/mol. The van der Waals surface area contributed by atoms with Crippen LogP contribution in [0.3, 0.4) is 0 Å². The van der Waals surface area contributed by atoms with Crippen molar-refractivity contribution in [3.8, 4) is 0 Å². The molecule has 2 saturated carbocycles. The van der Waals surface area contributed by atoms with E-state index in [1.807, 2.05) is 0 Å². The summed E-state index contributed by atoms with van der Waals surface area (Å²) in [6, 6.07) is 0.985. The maximum Gasteiger partial charge on any atom is 0.0693 e. The zero-order valence-corrected chi connectivity index (χ0v) is 8.50. The van der Waals surface area contributed by atoms with Crippen LogP contribution >= 0.6 is 0 Å². The highest BCUT2D eigenvalue weighted by Crippen LogP contribution is 2.33. The molecule has 0 aromatic heterocycles. The van der Waals surface area contributed by atoms with Crippen molar-refractivity contribution in [3.63, 3.8) is 0 Å². The van der Waals surface area contributed by atoms with Gasteiger partial charge in [0.1, 0.15) is 0 Å². The van der Waals surface area contributed by atoms with E-state index in [-0.39, 0.29) is 6.10 Å². The summed E-state index contributed by atoms with van der Waals surface area (Å²) >= 11 is 0. The molecule has 13 heavy (non-hydrogen) atoms. The van der Waals surface area contributed by atoms with E-state index in [0.717, 1.165) is 18.8 Å². The Bertz CT molecular complexity index is 167. The predicted octanol–water partition coefficient (Wildman–Crippen LogP) is 1.68. The fraction of sp³-hybridized carbons (Fsp3) is 1.00. The van der Waals surface area contributed by atoms with Crippen LogP contribution in [0.5, 0.6) is 0 Å². The Hall–Kier alpha value is -0.0800. The summed E-state index contributed by atoms with van der Waals surface area (Å²) in [5.41, 5.74) is 0. The Labute approximate surface area is 80.7 Å². The van der Waals surface area contributed by atoms with Crippen LogP contribution < -0.4 is 5.32 Å². The molecule has 0 saturated heterocycles. The number of rotatable bonds is 4. The number of nitrogens with one attached hydrogen (secondary N) is 1. The Morgan fingerprint density at radius 2 is 2.08 bits per heavy atom. The van der Waals surface area contributed by atoms with Crippen molar-refractivity contribution in [2.45, 2.75) is 63.6 Å². The second-order valence-electron chi connectivity index (χ2n) is 4.85. The molecule has 0 aromatic rings. The van der Waals surface area contributed by atoms with Gasteiger partial charge in [-0.3, -0.25) is 0 Å². The smallest absolute Gasteiger partial charge is 0.0693 e. The molecule has 0 heterocycles. The molecule has 76 valence electrons. The van der Waals surface area contributed by atoms with Gasteiger partial charge < -0.3 is 10.4 Å². The maximum atomic E-state index is 9.63. The quantitative estimate of drug-likeness (QED) is 0.695. The van der Waals surface area contributed by atoms with E-state index in [4.69, 9.17) is 0 Å². The molecule has 0 spiro atoms. The molecule has 0 amide bonds. The van der Waals surface area contributed by atoms with Crippen molar-refractivity contribution in [1.29, 1.82) is 0 Å². The lowest BCUT2D eigenvalue weighted by atomic mass is 10.1. The van der Waals surface area contributed by atoms with Crippen LogP contribution in [0.1, 0.15) is 45.4 Å². The van der Waals surface area contributed by atoms with Gasteiger partial charge in [-0.05, 0) is 38.5 Å². The fourth-order valence-electron chi connectivity index (χ4n) is 2.42. The third kappa shape index (κ3) is 2.68. The highest BCUT2D eigenvalue weighted by molar-refractivity contribution is 4.86. The molecule has 3 atom stereocenters. The molecule has 0 aliphatic heterocycles. The lowest BCUT2D eigenvalue weighted by Crippen LogP contribution is -2.41. The lowest BCUT2D eigenvalue weighted by Gasteiger charge is -2.21. The molecule has 2 aliphatic carbocycles. The zero-order chi connectivity index (χ0) is 9.26. The monoisotopic (exact) mass is 183 g/mol.